The lowest BCUT2D eigenvalue weighted by atomic mass is 10.1. The Balaban J connectivity index is 1.69. The highest BCUT2D eigenvalue weighted by Crippen LogP contribution is 2.27. The Hall–Kier alpha value is -2.96. The van der Waals surface area contributed by atoms with Crippen molar-refractivity contribution in [3.05, 3.63) is 64.7 Å². The van der Waals surface area contributed by atoms with Crippen LogP contribution in [0.5, 0.6) is 0 Å². The number of hydrogen-bond donors (Lipinski definition) is 1. The van der Waals surface area contributed by atoms with Gasteiger partial charge in [-0.15, -0.1) is 10.2 Å². The third-order valence-corrected chi connectivity index (χ3v) is 7.82. The second-order valence-corrected chi connectivity index (χ2v) is 11.6. The zero-order chi connectivity index (χ0) is 24.9. The molecule has 12 heteroatoms. The summed E-state index contributed by atoms with van der Waals surface area (Å²) in [6, 6.07) is 12.4. The van der Waals surface area contributed by atoms with Crippen molar-refractivity contribution in [1.82, 2.24) is 10.2 Å². The number of anilines is 2. The number of aromatic nitrogens is 2. The Kier molecular flexibility index (Phi) is 8.28. The van der Waals surface area contributed by atoms with Crippen molar-refractivity contribution in [2.75, 3.05) is 28.7 Å². The first kappa shape index (κ1) is 25.7. The number of sulfonamides is 1. The van der Waals surface area contributed by atoms with Gasteiger partial charge in [0.15, 0.2) is 4.34 Å². The molecule has 3 rings (SSSR count). The van der Waals surface area contributed by atoms with Crippen molar-refractivity contribution < 1.29 is 22.7 Å². The summed E-state index contributed by atoms with van der Waals surface area (Å²) in [5.74, 6) is -0.646. The van der Waals surface area contributed by atoms with Crippen LogP contribution in [0.15, 0.2) is 46.8 Å². The molecule has 1 N–H and O–H groups in total. The number of esters is 1. The number of carbonyl (C=O) groups is 2. The maximum atomic E-state index is 12.6. The van der Waals surface area contributed by atoms with Crippen molar-refractivity contribution in [3.8, 4) is 0 Å². The van der Waals surface area contributed by atoms with E-state index in [1.807, 2.05) is 32.0 Å². The second kappa shape index (κ2) is 11.0. The van der Waals surface area contributed by atoms with Crippen LogP contribution in [0.4, 0.5) is 10.8 Å². The van der Waals surface area contributed by atoms with Gasteiger partial charge in [0.25, 0.3) is 5.91 Å². The summed E-state index contributed by atoms with van der Waals surface area (Å²) >= 11 is 2.32. The van der Waals surface area contributed by atoms with E-state index in [1.54, 1.807) is 24.3 Å². The van der Waals surface area contributed by atoms with Crippen molar-refractivity contribution >= 4 is 55.8 Å². The molecule has 1 amide bonds. The summed E-state index contributed by atoms with van der Waals surface area (Å²) in [5, 5.41) is 10.8. The van der Waals surface area contributed by atoms with Gasteiger partial charge in [-0.2, -0.15) is 0 Å². The highest BCUT2D eigenvalue weighted by Gasteiger charge is 2.20. The molecule has 0 spiro atoms. The first-order chi connectivity index (χ1) is 16.1. The van der Waals surface area contributed by atoms with E-state index >= 15 is 0 Å². The standard InChI is InChI=1S/C22H24N4O5S3/c1-14-5-6-15(2)18(11-14)26(34(4,29)30)12-16-7-9-17(10-8-16)20(28)23-21-24-25-22(33-21)32-13-19(27)31-3/h5-11H,12-13H2,1-4H3,(H,23,24,28). The van der Waals surface area contributed by atoms with Crippen molar-refractivity contribution in [3.63, 3.8) is 0 Å². The molecule has 0 saturated heterocycles. The van der Waals surface area contributed by atoms with E-state index in [9.17, 15) is 18.0 Å². The van der Waals surface area contributed by atoms with Crippen LogP contribution in [0.25, 0.3) is 0 Å². The lowest BCUT2D eigenvalue weighted by molar-refractivity contribution is -0.137. The van der Waals surface area contributed by atoms with E-state index in [0.29, 0.717) is 20.7 Å². The predicted molar refractivity (Wildman–Crippen MR) is 134 cm³/mol. The van der Waals surface area contributed by atoms with Crippen LogP contribution < -0.4 is 9.62 Å². The Morgan fingerprint density at radius 3 is 2.47 bits per heavy atom. The van der Waals surface area contributed by atoms with E-state index in [1.165, 1.54) is 29.4 Å². The molecule has 1 aromatic heterocycles. The molecule has 0 radical (unpaired) electrons. The third-order valence-electron chi connectivity index (χ3n) is 4.74. The summed E-state index contributed by atoms with van der Waals surface area (Å²) in [6.07, 6.45) is 1.18. The number of carbonyl (C=O) groups excluding carboxylic acids is 2. The Morgan fingerprint density at radius 2 is 1.82 bits per heavy atom. The van der Waals surface area contributed by atoms with Gasteiger partial charge < -0.3 is 4.74 Å². The van der Waals surface area contributed by atoms with Crippen LogP contribution in [0, 0.1) is 13.8 Å². The fraction of sp³-hybridized carbons (Fsp3) is 0.273. The van der Waals surface area contributed by atoms with E-state index in [2.05, 4.69) is 20.3 Å². The lowest BCUT2D eigenvalue weighted by Gasteiger charge is -2.25. The summed E-state index contributed by atoms with van der Waals surface area (Å²) in [4.78, 5) is 23.8. The van der Waals surface area contributed by atoms with Crippen LogP contribution in [0.2, 0.25) is 0 Å². The highest BCUT2D eigenvalue weighted by molar-refractivity contribution is 8.01. The van der Waals surface area contributed by atoms with Gasteiger partial charge in [-0.1, -0.05) is 47.4 Å². The minimum Gasteiger partial charge on any atom is -0.468 e. The zero-order valence-electron chi connectivity index (χ0n) is 19.1. The number of amides is 1. The monoisotopic (exact) mass is 520 g/mol. The largest absolute Gasteiger partial charge is 0.468 e. The van der Waals surface area contributed by atoms with Crippen LogP contribution in [-0.4, -0.2) is 49.6 Å². The molecule has 0 saturated carbocycles. The van der Waals surface area contributed by atoms with Gasteiger partial charge in [-0.05, 0) is 48.7 Å². The lowest BCUT2D eigenvalue weighted by Crippen LogP contribution is -2.30. The van der Waals surface area contributed by atoms with Gasteiger partial charge in [-0.25, -0.2) is 8.42 Å². The van der Waals surface area contributed by atoms with E-state index < -0.39 is 10.0 Å². The van der Waals surface area contributed by atoms with Gasteiger partial charge in [0.1, 0.15) is 0 Å². The van der Waals surface area contributed by atoms with Crippen LogP contribution >= 0.6 is 23.1 Å². The number of nitrogens with zero attached hydrogens (tertiary/aromatic N) is 3. The summed E-state index contributed by atoms with van der Waals surface area (Å²) in [6.45, 7) is 3.92. The fourth-order valence-electron chi connectivity index (χ4n) is 2.96. The molecule has 9 nitrogen and oxygen atoms in total. The van der Waals surface area contributed by atoms with E-state index in [0.717, 1.165) is 28.0 Å². The van der Waals surface area contributed by atoms with Gasteiger partial charge in [-0.3, -0.25) is 19.2 Å². The SMILES string of the molecule is COC(=O)CSc1nnc(NC(=O)c2ccc(CN(c3cc(C)ccc3C)S(C)(=O)=O)cc2)s1. The number of aryl methyl sites for hydroxylation is 2. The summed E-state index contributed by atoms with van der Waals surface area (Å²) in [7, 11) is -2.22. The molecule has 0 aliphatic carbocycles. The predicted octanol–water partition coefficient (Wildman–Crippen LogP) is 3.64. The maximum absolute atomic E-state index is 12.6. The number of benzene rings is 2. The van der Waals surface area contributed by atoms with Crippen LogP contribution in [-0.2, 0) is 26.1 Å². The summed E-state index contributed by atoms with van der Waals surface area (Å²) in [5.41, 5.74) is 3.57. The molecule has 0 atom stereocenters. The Morgan fingerprint density at radius 1 is 1.12 bits per heavy atom. The first-order valence-electron chi connectivity index (χ1n) is 10.0. The van der Waals surface area contributed by atoms with E-state index in [-0.39, 0.29) is 24.2 Å². The van der Waals surface area contributed by atoms with Crippen LogP contribution in [0.3, 0.4) is 0 Å². The quantitative estimate of drug-likeness (QED) is 0.258. The third kappa shape index (κ3) is 6.78. The molecule has 180 valence electrons. The zero-order valence-corrected chi connectivity index (χ0v) is 21.5. The molecule has 0 fully saturated rings. The normalized spacial score (nSPS) is 11.2. The molecule has 0 aliphatic rings. The van der Waals surface area contributed by atoms with Crippen molar-refractivity contribution in [2.24, 2.45) is 0 Å². The number of thioether (sulfide) groups is 1. The van der Waals surface area contributed by atoms with Crippen LogP contribution in [0.1, 0.15) is 27.0 Å². The smallest absolute Gasteiger partial charge is 0.316 e. The van der Waals surface area contributed by atoms with Crippen molar-refractivity contribution in [1.29, 1.82) is 0 Å². The molecule has 0 aliphatic heterocycles. The van der Waals surface area contributed by atoms with Crippen molar-refractivity contribution in [2.45, 2.75) is 24.7 Å². The molecule has 0 bridgehead atoms. The first-order valence-corrected chi connectivity index (χ1v) is 13.7. The number of hydrogen-bond acceptors (Lipinski definition) is 9. The Labute approximate surface area is 206 Å². The minimum atomic E-state index is -3.52. The second-order valence-electron chi connectivity index (χ2n) is 7.45. The van der Waals surface area contributed by atoms with Gasteiger partial charge >= 0.3 is 5.97 Å². The minimum absolute atomic E-state index is 0.104. The number of rotatable bonds is 9. The Bertz CT molecular complexity index is 1290. The molecular weight excluding hydrogens is 496 g/mol. The highest BCUT2D eigenvalue weighted by atomic mass is 32.2. The molecule has 34 heavy (non-hydrogen) atoms. The van der Waals surface area contributed by atoms with Gasteiger partial charge in [0.05, 0.1) is 31.4 Å². The molecule has 0 unspecified atom stereocenters. The number of methoxy groups -OCH3 is 1. The molecule has 2 aromatic carbocycles. The molecule has 3 aromatic rings. The average Bonchev–Trinajstić information content (AvgIpc) is 3.24. The fourth-order valence-corrected chi connectivity index (χ4v) is 5.48. The number of nitrogens with one attached hydrogen (secondary N) is 1. The van der Waals surface area contributed by atoms with E-state index in [4.69, 9.17) is 0 Å². The van der Waals surface area contributed by atoms with Gasteiger partial charge in [0, 0.05) is 5.56 Å². The summed E-state index contributed by atoms with van der Waals surface area (Å²) < 4.78 is 31.5. The maximum Gasteiger partial charge on any atom is 0.316 e. The molecule has 1 heterocycles. The number of ether oxygens (including phenoxy) is 1. The topological polar surface area (TPSA) is 119 Å². The van der Waals surface area contributed by atoms with Gasteiger partial charge in [0.2, 0.25) is 15.2 Å². The molecular formula is C22H24N4O5S3. The average molecular weight is 521 g/mol.